The molecule has 1 amide bonds. The summed E-state index contributed by atoms with van der Waals surface area (Å²) in [7, 11) is 0. The molecule has 25 heavy (non-hydrogen) atoms. The summed E-state index contributed by atoms with van der Waals surface area (Å²) in [6, 6.07) is 8.31. The van der Waals surface area contributed by atoms with E-state index >= 15 is 0 Å². The molecule has 0 unspecified atom stereocenters. The fourth-order valence-corrected chi connectivity index (χ4v) is 2.36. The first-order valence-electron chi connectivity index (χ1n) is 8.16. The van der Waals surface area contributed by atoms with Crippen molar-refractivity contribution < 1.29 is 23.0 Å². The van der Waals surface area contributed by atoms with Crippen LogP contribution in [0, 0.1) is 11.6 Å². The molecule has 2 aromatic rings. The second-order valence-electron chi connectivity index (χ2n) is 5.31. The van der Waals surface area contributed by atoms with E-state index in [9.17, 15) is 13.6 Å². The Morgan fingerprint density at radius 2 is 1.60 bits per heavy atom. The average molecular weight is 349 g/mol. The lowest BCUT2D eigenvalue weighted by atomic mass is 10.1. The number of carbonyl (C=O) groups excluding carboxylic acids is 1. The van der Waals surface area contributed by atoms with Gasteiger partial charge >= 0.3 is 0 Å². The molecule has 2 rings (SSSR count). The smallest absolute Gasteiger partial charge is 0.251 e. The summed E-state index contributed by atoms with van der Waals surface area (Å²) in [5.41, 5.74) is 0.914. The molecular weight excluding hydrogens is 328 g/mol. The monoisotopic (exact) mass is 349 g/mol. The van der Waals surface area contributed by atoms with E-state index in [1.165, 1.54) is 0 Å². The summed E-state index contributed by atoms with van der Waals surface area (Å²) in [6.07, 6.45) is 0.552. The molecule has 0 aliphatic rings. The molecule has 0 radical (unpaired) electrons. The first-order valence-corrected chi connectivity index (χ1v) is 8.16. The Labute approximate surface area is 145 Å². The highest BCUT2D eigenvalue weighted by atomic mass is 19.1. The van der Waals surface area contributed by atoms with E-state index in [2.05, 4.69) is 5.32 Å². The van der Waals surface area contributed by atoms with Crippen molar-refractivity contribution in [1.29, 1.82) is 0 Å². The third-order valence-electron chi connectivity index (χ3n) is 3.43. The van der Waals surface area contributed by atoms with Crippen LogP contribution in [0.25, 0.3) is 0 Å². The van der Waals surface area contributed by atoms with Gasteiger partial charge < -0.3 is 14.8 Å². The molecule has 0 bridgehead atoms. The second kappa shape index (κ2) is 9.01. The van der Waals surface area contributed by atoms with Crippen LogP contribution in [-0.4, -0.2) is 25.7 Å². The van der Waals surface area contributed by atoms with E-state index in [4.69, 9.17) is 9.47 Å². The van der Waals surface area contributed by atoms with E-state index in [0.717, 1.165) is 23.8 Å². The number of carbonyl (C=O) groups is 1. The molecule has 6 heteroatoms. The number of hydrogen-bond acceptors (Lipinski definition) is 3. The summed E-state index contributed by atoms with van der Waals surface area (Å²) < 4.78 is 37.4. The highest BCUT2D eigenvalue weighted by molar-refractivity contribution is 5.94. The Balaban J connectivity index is 1.96. The van der Waals surface area contributed by atoms with Crippen LogP contribution in [-0.2, 0) is 6.42 Å². The summed E-state index contributed by atoms with van der Waals surface area (Å²) in [6.45, 7) is 5.18. The number of benzene rings is 2. The fraction of sp³-hybridized carbons (Fsp3) is 0.316. The summed E-state index contributed by atoms with van der Waals surface area (Å²) >= 11 is 0. The van der Waals surface area contributed by atoms with Crippen molar-refractivity contribution in [3.8, 4) is 11.5 Å². The maximum Gasteiger partial charge on any atom is 0.251 e. The number of halogens is 2. The lowest BCUT2D eigenvalue weighted by Gasteiger charge is -2.12. The molecule has 0 aliphatic heterocycles. The Morgan fingerprint density at radius 3 is 2.24 bits per heavy atom. The molecule has 0 atom stereocenters. The summed E-state index contributed by atoms with van der Waals surface area (Å²) in [4.78, 5) is 12.0. The van der Waals surface area contributed by atoms with Crippen LogP contribution < -0.4 is 14.8 Å². The van der Waals surface area contributed by atoms with Crippen molar-refractivity contribution in [2.45, 2.75) is 20.3 Å². The van der Waals surface area contributed by atoms with Gasteiger partial charge in [-0.3, -0.25) is 4.79 Å². The van der Waals surface area contributed by atoms with Crippen LogP contribution in [0.15, 0.2) is 36.4 Å². The Morgan fingerprint density at radius 1 is 0.960 bits per heavy atom. The standard InChI is InChI=1S/C19H21F2NO3/c1-3-24-17-6-5-13(9-18(17)25-4-2)7-8-22-19(23)14-10-15(20)12-16(21)11-14/h5-6,9-12H,3-4,7-8H2,1-2H3,(H,22,23). The van der Waals surface area contributed by atoms with Gasteiger partial charge in [0.15, 0.2) is 11.5 Å². The number of ether oxygens (including phenoxy) is 2. The van der Waals surface area contributed by atoms with Crippen molar-refractivity contribution in [2.24, 2.45) is 0 Å². The van der Waals surface area contributed by atoms with Gasteiger partial charge in [0.2, 0.25) is 0 Å². The van der Waals surface area contributed by atoms with Crippen molar-refractivity contribution in [3.63, 3.8) is 0 Å². The Hall–Kier alpha value is -2.63. The number of rotatable bonds is 8. The zero-order valence-corrected chi connectivity index (χ0v) is 14.3. The number of amides is 1. The maximum atomic E-state index is 13.1. The van der Waals surface area contributed by atoms with E-state index < -0.39 is 17.5 Å². The first kappa shape index (κ1) is 18.7. The minimum absolute atomic E-state index is 0.0424. The maximum absolute atomic E-state index is 13.1. The number of hydrogen-bond donors (Lipinski definition) is 1. The minimum Gasteiger partial charge on any atom is -0.490 e. The quantitative estimate of drug-likeness (QED) is 0.790. The molecule has 0 saturated heterocycles. The summed E-state index contributed by atoms with van der Waals surface area (Å²) in [5.74, 6) is -0.752. The Kier molecular flexibility index (Phi) is 6.74. The van der Waals surface area contributed by atoms with Crippen molar-refractivity contribution in [1.82, 2.24) is 5.32 Å². The van der Waals surface area contributed by atoms with E-state index in [1.807, 2.05) is 32.0 Å². The molecule has 4 nitrogen and oxygen atoms in total. The third kappa shape index (κ3) is 5.45. The van der Waals surface area contributed by atoms with Gasteiger partial charge in [-0.25, -0.2) is 8.78 Å². The topological polar surface area (TPSA) is 47.6 Å². The van der Waals surface area contributed by atoms with E-state index in [-0.39, 0.29) is 5.56 Å². The molecule has 0 aliphatic carbocycles. The van der Waals surface area contributed by atoms with Gasteiger partial charge in [-0.2, -0.15) is 0 Å². The zero-order chi connectivity index (χ0) is 18.2. The lowest BCUT2D eigenvalue weighted by molar-refractivity contribution is 0.0953. The van der Waals surface area contributed by atoms with Crippen LogP contribution in [0.3, 0.4) is 0 Å². The van der Waals surface area contributed by atoms with Gasteiger partial charge in [0.1, 0.15) is 11.6 Å². The molecule has 0 saturated carbocycles. The molecular formula is C19H21F2NO3. The second-order valence-corrected chi connectivity index (χ2v) is 5.31. The number of nitrogens with one attached hydrogen (secondary N) is 1. The average Bonchev–Trinajstić information content (AvgIpc) is 2.56. The largest absolute Gasteiger partial charge is 0.490 e. The predicted molar refractivity (Wildman–Crippen MR) is 91.2 cm³/mol. The molecule has 1 N–H and O–H groups in total. The fourth-order valence-electron chi connectivity index (χ4n) is 2.36. The minimum atomic E-state index is -0.780. The predicted octanol–water partition coefficient (Wildman–Crippen LogP) is 3.73. The van der Waals surface area contributed by atoms with E-state index in [1.54, 1.807) is 0 Å². The van der Waals surface area contributed by atoms with Crippen LogP contribution in [0.1, 0.15) is 29.8 Å². The van der Waals surface area contributed by atoms with Crippen LogP contribution in [0.5, 0.6) is 11.5 Å². The van der Waals surface area contributed by atoms with Gasteiger partial charge in [-0.15, -0.1) is 0 Å². The third-order valence-corrected chi connectivity index (χ3v) is 3.43. The summed E-state index contributed by atoms with van der Waals surface area (Å²) in [5, 5.41) is 2.65. The lowest BCUT2D eigenvalue weighted by Crippen LogP contribution is -2.25. The molecule has 0 spiro atoms. The molecule has 0 heterocycles. The van der Waals surface area contributed by atoms with Gasteiger partial charge in [0.25, 0.3) is 5.91 Å². The molecule has 0 aromatic heterocycles. The highest BCUT2D eigenvalue weighted by Crippen LogP contribution is 2.28. The van der Waals surface area contributed by atoms with Crippen LogP contribution in [0.4, 0.5) is 8.78 Å². The van der Waals surface area contributed by atoms with E-state index in [0.29, 0.717) is 37.7 Å². The van der Waals surface area contributed by atoms with Gasteiger partial charge in [0.05, 0.1) is 13.2 Å². The normalized spacial score (nSPS) is 10.4. The molecule has 0 fully saturated rings. The van der Waals surface area contributed by atoms with Crippen LogP contribution in [0.2, 0.25) is 0 Å². The highest BCUT2D eigenvalue weighted by Gasteiger charge is 2.10. The molecule has 134 valence electrons. The SMILES string of the molecule is CCOc1ccc(CCNC(=O)c2cc(F)cc(F)c2)cc1OCC. The van der Waals surface area contributed by atoms with Crippen molar-refractivity contribution in [2.75, 3.05) is 19.8 Å². The van der Waals surface area contributed by atoms with Crippen molar-refractivity contribution in [3.05, 3.63) is 59.2 Å². The molecule has 2 aromatic carbocycles. The Bertz CT molecular complexity index is 714. The van der Waals surface area contributed by atoms with Crippen LogP contribution >= 0.6 is 0 Å². The van der Waals surface area contributed by atoms with Gasteiger partial charge in [-0.05, 0) is 50.1 Å². The van der Waals surface area contributed by atoms with Gasteiger partial charge in [0, 0.05) is 18.2 Å². The van der Waals surface area contributed by atoms with Crippen molar-refractivity contribution >= 4 is 5.91 Å². The first-order chi connectivity index (χ1) is 12.0. The van der Waals surface area contributed by atoms with Gasteiger partial charge in [-0.1, -0.05) is 6.07 Å². The zero-order valence-electron chi connectivity index (χ0n) is 14.3.